The first-order valence-corrected chi connectivity index (χ1v) is 2.94. The lowest BCUT2D eigenvalue weighted by Crippen LogP contribution is -2.27. The van der Waals surface area contributed by atoms with Gasteiger partial charge in [-0.05, 0) is 13.3 Å². The van der Waals surface area contributed by atoms with E-state index < -0.39 is 0 Å². The monoisotopic (exact) mass is 115 g/mol. The Balaban J connectivity index is 3.32. The molecule has 0 aliphatic carbocycles. The third-order valence-electron chi connectivity index (χ3n) is 1.12. The van der Waals surface area contributed by atoms with Crippen LogP contribution in [0.5, 0.6) is 0 Å². The lowest BCUT2D eigenvalue weighted by molar-refractivity contribution is -0.118. The minimum Gasteiger partial charge on any atom is -0.322 e. The Morgan fingerprint density at radius 2 is 2.25 bits per heavy atom. The molecule has 0 aromatic carbocycles. The Labute approximate surface area is 50.1 Å². The zero-order chi connectivity index (χ0) is 6.57. The molecule has 0 saturated heterocycles. The van der Waals surface area contributed by atoms with E-state index in [-0.39, 0.29) is 11.8 Å². The quantitative estimate of drug-likeness (QED) is 0.588. The topological polar surface area (TPSA) is 43.1 Å². The minimum absolute atomic E-state index is 0.0897. The van der Waals surface area contributed by atoms with Gasteiger partial charge in [0.25, 0.3) is 0 Å². The summed E-state index contributed by atoms with van der Waals surface area (Å²) in [7, 11) is 0. The van der Waals surface area contributed by atoms with E-state index >= 15 is 0 Å². The summed E-state index contributed by atoms with van der Waals surface area (Å²) in [5.41, 5.74) is 5.38. The molecule has 0 aromatic rings. The molecule has 0 spiro atoms. The van der Waals surface area contributed by atoms with Crippen molar-refractivity contribution in [2.24, 2.45) is 5.73 Å². The number of hydrogen-bond donors (Lipinski definition) is 1. The third kappa shape index (κ3) is 2.75. The molecule has 0 aromatic heterocycles. The molecular weight excluding hydrogens is 102 g/mol. The van der Waals surface area contributed by atoms with Crippen LogP contribution in [-0.4, -0.2) is 11.8 Å². The van der Waals surface area contributed by atoms with E-state index in [9.17, 15) is 4.79 Å². The fourth-order valence-corrected chi connectivity index (χ4v) is 0.514. The van der Waals surface area contributed by atoms with Crippen molar-refractivity contribution in [3.8, 4) is 0 Å². The standard InChI is InChI=1S/C6H13NO/c1-3-4-6(7)5(2)8/h6H,3-4,7H2,1-2H3/t6-/m1/s1. The maximum Gasteiger partial charge on any atom is 0.146 e. The van der Waals surface area contributed by atoms with Crippen molar-refractivity contribution in [2.75, 3.05) is 0 Å². The molecule has 0 rings (SSSR count). The van der Waals surface area contributed by atoms with Crippen LogP contribution in [0, 0.1) is 0 Å². The van der Waals surface area contributed by atoms with E-state index in [1.54, 1.807) is 0 Å². The summed E-state index contributed by atoms with van der Waals surface area (Å²) in [5, 5.41) is 0. The van der Waals surface area contributed by atoms with E-state index in [1.165, 1.54) is 6.92 Å². The van der Waals surface area contributed by atoms with Gasteiger partial charge in [-0.1, -0.05) is 13.3 Å². The first-order chi connectivity index (χ1) is 3.68. The summed E-state index contributed by atoms with van der Waals surface area (Å²) >= 11 is 0. The Hall–Kier alpha value is -0.370. The zero-order valence-corrected chi connectivity index (χ0v) is 5.48. The number of ketones is 1. The van der Waals surface area contributed by atoms with Crippen LogP contribution < -0.4 is 5.73 Å². The smallest absolute Gasteiger partial charge is 0.146 e. The maximum atomic E-state index is 10.4. The molecule has 2 heteroatoms. The highest BCUT2D eigenvalue weighted by molar-refractivity contribution is 5.80. The van der Waals surface area contributed by atoms with Crippen LogP contribution in [0.25, 0.3) is 0 Å². The van der Waals surface area contributed by atoms with E-state index in [4.69, 9.17) is 5.73 Å². The van der Waals surface area contributed by atoms with E-state index in [2.05, 4.69) is 0 Å². The molecule has 0 aliphatic rings. The van der Waals surface area contributed by atoms with Gasteiger partial charge in [0.05, 0.1) is 6.04 Å². The van der Waals surface area contributed by atoms with Crippen LogP contribution in [-0.2, 0) is 4.79 Å². The molecular formula is C6H13NO. The Morgan fingerprint density at radius 1 is 1.75 bits per heavy atom. The molecule has 1 atom stereocenters. The number of nitrogens with two attached hydrogens (primary N) is 1. The highest BCUT2D eigenvalue weighted by Crippen LogP contribution is 1.92. The van der Waals surface area contributed by atoms with Crippen LogP contribution in [0.1, 0.15) is 26.7 Å². The van der Waals surface area contributed by atoms with Crippen molar-refractivity contribution in [3.05, 3.63) is 0 Å². The molecule has 0 saturated carbocycles. The lowest BCUT2D eigenvalue weighted by atomic mass is 10.1. The van der Waals surface area contributed by atoms with Crippen LogP contribution in [0.15, 0.2) is 0 Å². The molecule has 8 heavy (non-hydrogen) atoms. The lowest BCUT2D eigenvalue weighted by Gasteiger charge is -2.02. The van der Waals surface area contributed by atoms with Crippen LogP contribution in [0.4, 0.5) is 0 Å². The van der Waals surface area contributed by atoms with Gasteiger partial charge in [0, 0.05) is 0 Å². The molecule has 0 amide bonds. The summed E-state index contributed by atoms with van der Waals surface area (Å²) in [6, 6.07) is -0.222. The van der Waals surface area contributed by atoms with Gasteiger partial charge in [0.1, 0.15) is 5.78 Å². The van der Waals surface area contributed by atoms with Gasteiger partial charge in [0.15, 0.2) is 0 Å². The molecule has 0 fully saturated rings. The molecule has 0 bridgehead atoms. The number of hydrogen-bond acceptors (Lipinski definition) is 2. The summed E-state index contributed by atoms with van der Waals surface area (Å²) in [6.45, 7) is 3.54. The molecule has 0 unspecified atom stereocenters. The molecule has 0 aliphatic heterocycles. The largest absolute Gasteiger partial charge is 0.322 e. The number of Topliss-reactive ketones (excluding diaryl/α,β-unsaturated/α-hetero) is 1. The number of carbonyl (C=O) groups is 1. The van der Waals surface area contributed by atoms with Crippen molar-refractivity contribution in [3.63, 3.8) is 0 Å². The molecule has 0 radical (unpaired) electrons. The minimum atomic E-state index is -0.222. The Kier molecular flexibility index (Phi) is 3.44. The van der Waals surface area contributed by atoms with Gasteiger partial charge in [-0.15, -0.1) is 0 Å². The third-order valence-corrected chi connectivity index (χ3v) is 1.12. The molecule has 48 valence electrons. The predicted octanol–water partition coefficient (Wildman–Crippen LogP) is 0.703. The van der Waals surface area contributed by atoms with E-state index in [1.807, 2.05) is 6.92 Å². The van der Waals surface area contributed by atoms with Crippen molar-refractivity contribution < 1.29 is 4.79 Å². The number of carbonyl (C=O) groups excluding carboxylic acids is 1. The van der Waals surface area contributed by atoms with E-state index in [0.29, 0.717) is 0 Å². The van der Waals surface area contributed by atoms with Crippen molar-refractivity contribution in [1.29, 1.82) is 0 Å². The summed E-state index contributed by atoms with van der Waals surface area (Å²) < 4.78 is 0. The van der Waals surface area contributed by atoms with Gasteiger partial charge in [-0.3, -0.25) is 4.79 Å². The summed E-state index contributed by atoms with van der Waals surface area (Å²) in [6.07, 6.45) is 1.80. The fraction of sp³-hybridized carbons (Fsp3) is 0.833. The van der Waals surface area contributed by atoms with Gasteiger partial charge in [-0.2, -0.15) is 0 Å². The SMILES string of the molecule is CCC[C@@H](N)C(C)=O. The predicted molar refractivity (Wildman–Crippen MR) is 33.6 cm³/mol. The van der Waals surface area contributed by atoms with Crippen LogP contribution in [0.3, 0.4) is 0 Å². The van der Waals surface area contributed by atoms with E-state index in [0.717, 1.165) is 12.8 Å². The summed E-state index contributed by atoms with van der Waals surface area (Å²) in [5.74, 6) is 0.0897. The van der Waals surface area contributed by atoms with Crippen LogP contribution in [0.2, 0.25) is 0 Å². The van der Waals surface area contributed by atoms with Crippen molar-refractivity contribution in [2.45, 2.75) is 32.7 Å². The van der Waals surface area contributed by atoms with Gasteiger partial charge in [0.2, 0.25) is 0 Å². The van der Waals surface area contributed by atoms with Gasteiger partial charge >= 0.3 is 0 Å². The highest BCUT2D eigenvalue weighted by Gasteiger charge is 2.03. The Bertz CT molecular complexity index is 80.6. The van der Waals surface area contributed by atoms with Gasteiger partial charge < -0.3 is 5.73 Å². The average Bonchev–Trinajstić information content (AvgIpc) is 1.67. The van der Waals surface area contributed by atoms with Crippen molar-refractivity contribution >= 4 is 5.78 Å². The molecule has 2 N–H and O–H groups in total. The molecule has 0 heterocycles. The first-order valence-electron chi connectivity index (χ1n) is 2.94. The Morgan fingerprint density at radius 3 is 2.38 bits per heavy atom. The second kappa shape index (κ2) is 3.61. The first kappa shape index (κ1) is 7.63. The fourth-order valence-electron chi connectivity index (χ4n) is 0.514. The summed E-state index contributed by atoms with van der Waals surface area (Å²) in [4.78, 5) is 10.4. The highest BCUT2D eigenvalue weighted by atomic mass is 16.1. The number of rotatable bonds is 3. The average molecular weight is 115 g/mol. The second-order valence-electron chi connectivity index (χ2n) is 2.01. The maximum absolute atomic E-state index is 10.4. The normalized spacial score (nSPS) is 13.4. The van der Waals surface area contributed by atoms with Crippen molar-refractivity contribution in [1.82, 2.24) is 0 Å². The van der Waals surface area contributed by atoms with Crippen LogP contribution >= 0.6 is 0 Å². The second-order valence-corrected chi connectivity index (χ2v) is 2.01. The zero-order valence-electron chi connectivity index (χ0n) is 5.48. The molecule has 2 nitrogen and oxygen atoms in total. The van der Waals surface area contributed by atoms with Gasteiger partial charge in [-0.25, -0.2) is 0 Å².